The highest BCUT2D eigenvalue weighted by atomic mass is 32.2. The molecule has 0 unspecified atom stereocenters. The monoisotopic (exact) mass is 329 g/mol. The van der Waals surface area contributed by atoms with Gasteiger partial charge in [-0.05, 0) is 19.4 Å². The molecule has 1 aliphatic rings. The third-order valence-electron chi connectivity index (χ3n) is 3.62. The minimum absolute atomic E-state index is 0.000706. The van der Waals surface area contributed by atoms with E-state index in [4.69, 9.17) is 0 Å². The molecule has 0 saturated carbocycles. The van der Waals surface area contributed by atoms with Crippen molar-refractivity contribution in [3.8, 4) is 0 Å². The third kappa shape index (κ3) is 3.61. The van der Waals surface area contributed by atoms with Crippen molar-refractivity contribution in [2.45, 2.75) is 31.5 Å². The Morgan fingerprint density at radius 1 is 1.30 bits per heavy atom. The van der Waals surface area contributed by atoms with Crippen LogP contribution in [0, 0.1) is 0 Å². The fraction of sp³-hybridized carbons (Fsp3) is 0.375. The van der Waals surface area contributed by atoms with Crippen LogP contribution >= 0.6 is 11.8 Å². The first-order chi connectivity index (χ1) is 11.1. The van der Waals surface area contributed by atoms with Gasteiger partial charge in [-0.3, -0.25) is 4.79 Å². The van der Waals surface area contributed by atoms with Gasteiger partial charge in [-0.15, -0.1) is 10.2 Å². The summed E-state index contributed by atoms with van der Waals surface area (Å²) in [7, 11) is 0. The molecule has 1 amide bonds. The normalized spacial score (nSPS) is 14.4. The van der Waals surface area contributed by atoms with Crippen molar-refractivity contribution in [1.82, 2.24) is 19.8 Å². The van der Waals surface area contributed by atoms with E-state index in [9.17, 15) is 4.79 Å². The number of aromatic nitrogens is 3. The molecule has 1 aromatic carbocycles. The maximum Gasteiger partial charge on any atom is 0.253 e. The Balaban J connectivity index is 1.61. The van der Waals surface area contributed by atoms with Crippen molar-refractivity contribution < 1.29 is 4.79 Å². The van der Waals surface area contributed by atoms with Gasteiger partial charge in [-0.25, -0.2) is 5.01 Å². The van der Waals surface area contributed by atoms with Crippen molar-refractivity contribution in [2.75, 3.05) is 12.3 Å². The van der Waals surface area contributed by atoms with Crippen LogP contribution in [0.1, 0.15) is 31.9 Å². The summed E-state index contributed by atoms with van der Waals surface area (Å²) in [5, 5.41) is 14.8. The average molecular weight is 329 g/mol. The summed E-state index contributed by atoms with van der Waals surface area (Å²) in [5.41, 5.74) is 2.05. The van der Waals surface area contributed by atoms with Crippen LogP contribution in [0.15, 0.2) is 46.9 Å². The predicted molar refractivity (Wildman–Crippen MR) is 90.4 cm³/mol. The molecule has 2 heterocycles. The number of rotatable bonds is 5. The highest BCUT2D eigenvalue weighted by molar-refractivity contribution is 7.99. The lowest BCUT2D eigenvalue weighted by molar-refractivity contribution is -0.127. The molecule has 0 radical (unpaired) electrons. The third-order valence-corrected chi connectivity index (χ3v) is 4.56. The van der Waals surface area contributed by atoms with E-state index in [1.807, 2.05) is 34.9 Å². The molecule has 6 nitrogen and oxygen atoms in total. The first-order valence-electron chi connectivity index (χ1n) is 7.60. The van der Waals surface area contributed by atoms with Gasteiger partial charge >= 0.3 is 0 Å². The summed E-state index contributed by atoms with van der Waals surface area (Å²) >= 11 is 1.40. The number of hydrogen-bond acceptors (Lipinski definition) is 5. The summed E-state index contributed by atoms with van der Waals surface area (Å²) in [5.74, 6) is 0.316. The summed E-state index contributed by atoms with van der Waals surface area (Å²) < 4.78 is 1.96. The van der Waals surface area contributed by atoms with Crippen LogP contribution < -0.4 is 0 Å². The SMILES string of the molecule is CC(C)n1cnnc1SCC(=O)N1CCC(c2ccccc2)=N1. The fourth-order valence-electron chi connectivity index (χ4n) is 2.36. The van der Waals surface area contributed by atoms with Crippen LogP contribution in [0.25, 0.3) is 0 Å². The van der Waals surface area contributed by atoms with Gasteiger partial charge in [0.2, 0.25) is 0 Å². The molecule has 0 fully saturated rings. The van der Waals surface area contributed by atoms with E-state index in [0.717, 1.165) is 22.9 Å². The topological polar surface area (TPSA) is 63.4 Å². The molecular formula is C16H19N5OS. The second-order valence-corrected chi connectivity index (χ2v) is 6.53. The molecule has 0 spiro atoms. The second-order valence-electron chi connectivity index (χ2n) is 5.58. The Hall–Kier alpha value is -2.15. The van der Waals surface area contributed by atoms with Crippen molar-refractivity contribution in [3.63, 3.8) is 0 Å². The van der Waals surface area contributed by atoms with Gasteiger partial charge in [0.05, 0.1) is 18.0 Å². The van der Waals surface area contributed by atoms with E-state index in [1.54, 1.807) is 11.3 Å². The molecule has 23 heavy (non-hydrogen) atoms. The molecular weight excluding hydrogens is 310 g/mol. The number of carbonyl (C=O) groups excluding carboxylic acids is 1. The van der Waals surface area contributed by atoms with Gasteiger partial charge in [-0.1, -0.05) is 42.1 Å². The van der Waals surface area contributed by atoms with Crippen molar-refractivity contribution in [2.24, 2.45) is 5.10 Å². The number of hydrazone groups is 1. The highest BCUT2D eigenvalue weighted by Crippen LogP contribution is 2.20. The first-order valence-corrected chi connectivity index (χ1v) is 8.59. The molecule has 0 atom stereocenters. The molecule has 2 aromatic rings. The van der Waals surface area contributed by atoms with E-state index >= 15 is 0 Å². The summed E-state index contributed by atoms with van der Waals surface area (Å²) in [6.45, 7) is 4.76. The minimum atomic E-state index is -0.000706. The summed E-state index contributed by atoms with van der Waals surface area (Å²) in [4.78, 5) is 12.3. The zero-order valence-electron chi connectivity index (χ0n) is 13.2. The van der Waals surface area contributed by atoms with Gasteiger partial charge < -0.3 is 4.57 Å². The summed E-state index contributed by atoms with van der Waals surface area (Å²) in [6, 6.07) is 10.3. The van der Waals surface area contributed by atoms with Gasteiger partial charge in [0.1, 0.15) is 6.33 Å². The lowest BCUT2D eigenvalue weighted by Gasteiger charge is -2.12. The summed E-state index contributed by atoms with van der Waals surface area (Å²) in [6.07, 6.45) is 2.49. The van der Waals surface area contributed by atoms with E-state index in [1.165, 1.54) is 11.8 Å². The van der Waals surface area contributed by atoms with Crippen LogP contribution in [0.3, 0.4) is 0 Å². The van der Waals surface area contributed by atoms with Gasteiger partial charge in [0.15, 0.2) is 5.16 Å². The smallest absolute Gasteiger partial charge is 0.253 e. The van der Waals surface area contributed by atoms with E-state index in [2.05, 4.69) is 29.1 Å². The molecule has 120 valence electrons. The number of carbonyl (C=O) groups is 1. The highest BCUT2D eigenvalue weighted by Gasteiger charge is 2.22. The van der Waals surface area contributed by atoms with E-state index in [-0.39, 0.29) is 11.9 Å². The van der Waals surface area contributed by atoms with Crippen LogP contribution in [0.5, 0.6) is 0 Å². The maximum absolute atomic E-state index is 12.3. The first kappa shape index (κ1) is 15.7. The quantitative estimate of drug-likeness (QED) is 0.791. The van der Waals surface area contributed by atoms with E-state index < -0.39 is 0 Å². The van der Waals surface area contributed by atoms with Gasteiger partial charge in [-0.2, -0.15) is 5.10 Å². The van der Waals surface area contributed by atoms with Gasteiger partial charge in [0.25, 0.3) is 5.91 Å². The molecule has 1 aliphatic heterocycles. The van der Waals surface area contributed by atoms with Crippen molar-refractivity contribution in [3.05, 3.63) is 42.2 Å². The van der Waals surface area contributed by atoms with Crippen LogP contribution in [0.2, 0.25) is 0 Å². The standard InChI is InChI=1S/C16H19N5OS/c1-12(2)20-11-17-18-16(20)23-10-15(22)21-9-8-14(19-21)13-6-4-3-5-7-13/h3-7,11-12H,8-10H2,1-2H3. The number of amides is 1. The molecule has 1 aromatic heterocycles. The number of benzene rings is 1. The van der Waals surface area contributed by atoms with Gasteiger partial charge in [0, 0.05) is 12.5 Å². The minimum Gasteiger partial charge on any atom is -0.306 e. The lowest BCUT2D eigenvalue weighted by atomic mass is 10.1. The second kappa shape index (κ2) is 6.95. The van der Waals surface area contributed by atoms with Crippen LogP contribution in [-0.4, -0.2) is 43.7 Å². The Kier molecular flexibility index (Phi) is 4.76. The molecule has 0 N–H and O–H groups in total. The van der Waals surface area contributed by atoms with Crippen molar-refractivity contribution >= 4 is 23.4 Å². The largest absolute Gasteiger partial charge is 0.306 e. The Bertz CT molecular complexity index is 710. The average Bonchev–Trinajstić information content (AvgIpc) is 3.22. The van der Waals surface area contributed by atoms with E-state index in [0.29, 0.717) is 12.3 Å². The molecule has 0 aliphatic carbocycles. The molecule has 7 heteroatoms. The number of thioether (sulfide) groups is 1. The zero-order chi connectivity index (χ0) is 16.2. The molecule has 0 bridgehead atoms. The maximum atomic E-state index is 12.3. The predicted octanol–water partition coefficient (Wildman–Crippen LogP) is 2.59. The molecule has 3 rings (SSSR count). The lowest BCUT2D eigenvalue weighted by Crippen LogP contribution is -2.25. The van der Waals surface area contributed by atoms with Crippen LogP contribution in [-0.2, 0) is 4.79 Å². The Morgan fingerprint density at radius 2 is 2.09 bits per heavy atom. The number of nitrogens with zero attached hydrogens (tertiary/aromatic N) is 5. The zero-order valence-corrected chi connectivity index (χ0v) is 14.0. The molecule has 0 saturated heterocycles. The Labute approximate surface area is 139 Å². The van der Waals surface area contributed by atoms with Crippen LogP contribution in [0.4, 0.5) is 0 Å². The fourth-order valence-corrected chi connectivity index (χ4v) is 3.27. The Morgan fingerprint density at radius 3 is 2.83 bits per heavy atom. The van der Waals surface area contributed by atoms with Crippen molar-refractivity contribution in [1.29, 1.82) is 0 Å². The number of hydrogen-bond donors (Lipinski definition) is 0.